The van der Waals surface area contributed by atoms with Crippen LogP contribution in [-0.2, 0) is 16.1 Å². The number of hydrogen-bond acceptors (Lipinski definition) is 4. The zero-order valence-corrected chi connectivity index (χ0v) is 16.5. The summed E-state index contributed by atoms with van der Waals surface area (Å²) in [5.41, 5.74) is 6.70. The molecule has 0 fully saturated rings. The largest absolute Gasteiger partial charge is 0.486 e. The molecule has 0 unspecified atom stereocenters. The minimum atomic E-state index is -2.60. The van der Waals surface area contributed by atoms with Crippen molar-refractivity contribution in [1.29, 1.82) is 0 Å². The van der Waals surface area contributed by atoms with Gasteiger partial charge in [0.05, 0.1) is 5.02 Å². The summed E-state index contributed by atoms with van der Waals surface area (Å²) in [4.78, 5) is 23.8. The Labute approximate surface area is 167 Å². The minimum absolute atomic E-state index is 0.0743. The third kappa shape index (κ3) is 8.39. The second kappa shape index (κ2) is 12.0. The molecule has 154 valence electrons. The van der Waals surface area contributed by atoms with E-state index in [1.54, 1.807) is 19.1 Å². The van der Waals surface area contributed by atoms with Crippen LogP contribution in [-0.4, -0.2) is 24.8 Å². The fraction of sp³-hybridized carbons (Fsp3) is 0.368. The first kappa shape index (κ1) is 23.4. The third-order valence-electron chi connectivity index (χ3n) is 3.42. The number of allylic oxidation sites excluding steroid dienone is 1. The van der Waals surface area contributed by atoms with Crippen LogP contribution < -0.4 is 21.1 Å². The van der Waals surface area contributed by atoms with E-state index in [0.29, 0.717) is 17.6 Å². The first-order chi connectivity index (χ1) is 13.3. The SMILES string of the molecule is CC/C=C(\C=C(/N)NC(=O)CC)C(=O)NCc1ccc(OCC(F)F)c(Cl)c1. The van der Waals surface area contributed by atoms with Gasteiger partial charge in [-0.1, -0.05) is 37.6 Å². The van der Waals surface area contributed by atoms with Gasteiger partial charge in [0.1, 0.15) is 18.2 Å². The average Bonchev–Trinajstić information content (AvgIpc) is 2.64. The van der Waals surface area contributed by atoms with Crippen molar-refractivity contribution in [3.8, 4) is 5.75 Å². The summed E-state index contributed by atoms with van der Waals surface area (Å²) in [6.07, 6.45) is 1.33. The Bertz CT molecular complexity index is 752. The Morgan fingerprint density at radius 1 is 1.32 bits per heavy atom. The van der Waals surface area contributed by atoms with Crippen molar-refractivity contribution in [3.63, 3.8) is 0 Å². The van der Waals surface area contributed by atoms with E-state index in [1.165, 1.54) is 18.2 Å². The molecule has 1 aromatic rings. The number of amides is 2. The van der Waals surface area contributed by atoms with Crippen molar-refractivity contribution in [2.75, 3.05) is 6.61 Å². The molecule has 2 amide bonds. The molecular formula is C19H24ClF2N3O3. The lowest BCUT2D eigenvalue weighted by atomic mass is 10.1. The highest BCUT2D eigenvalue weighted by Gasteiger charge is 2.10. The van der Waals surface area contributed by atoms with E-state index < -0.39 is 13.0 Å². The van der Waals surface area contributed by atoms with Crippen LogP contribution in [0, 0.1) is 0 Å². The van der Waals surface area contributed by atoms with Crippen LogP contribution in [0.15, 0.2) is 41.7 Å². The fourth-order valence-electron chi connectivity index (χ4n) is 2.10. The monoisotopic (exact) mass is 415 g/mol. The Balaban J connectivity index is 2.74. The van der Waals surface area contributed by atoms with Crippen molar-refractivity contribution in [1.82, 2.24) is 10.6 Å². The predicted octanol–water partition coefficient (Wildman–Crippen LogP) is 3.26. The van der Waals surface area contributed by atoms with Crippen molar-refractivity contribution in [3.05, 3.63) is 52.3 Å². The van der Waals surface area contributed by atoms with Crippen LogP contribution in [0.1, 0.15) is 32.3 Å². The number of nitrogens with one attached hydrogen (secondary N) is 2. The highest BCUT2D eigenvalue weighted by atomic mass is 35.5. The van der Waals surface area contributed by atoms with Gasteiger partial charge < -0.3 is 21.1 Å². The lowest BCUT2D eigenvalue weighted by Gasteiger charge is -2.11. The summed E-state index contributed by atoms with van der Waals surface area (Å²) in [6.45, 7) is 2.96. The molecule has 0 heterocycles. The van der Waals surface area contributed by atoms with Crippen molar-refractivity contribution < 1.29 is 23.1 Å². The Kier molecular flexibility index (Phi) is 10.0. The molecule has 0 saturated carbocycles. The van der Waals surface area contributed by atoms with Crippen molar-refractivity contribution in [2.24, 2.45) is 5.73 Å². The quantitative estimate of drug-likeness (QED) is 0.404. The molecule has 0 bridgehead atoms. The summed E-state index contributed by atoms with van der Waals surface area (Å²) in [5.74, 6) is -0.422. The van der Waals surface area contributed by atoms with Crippen molar-refractivity contribution >= 4 is 23.4 Å². The van der Waals surface area contributed by atoms with Gasteiger partial charge in [-0.3, -0.25) is 9.59 Å². The van der Waals surface area contributed by atoms with Gasteiger partial charge in [0, 0.05) is 18.5 Å². The van der Waals surface area contributed by atoms with Gasteiger partial charge in [0.25, 0.3) is 12.3 Å². The first-order valence-corrected chi connectivity index (χ1v) is 9.09. The predicted molar refractivity (Wildman–Crippen MR) is 104 cm³/mol. The van der Waals surface area contributed by atoms with Gasteiger partial charge in [0.2, 0.25) is 5.91 Å². The summed E-state index contributed by atoms with van der Waals surface area (Å²) in [7, 11) is 0. The maximum Gasteiger partial charge on any atom is 0.272 e. The van der Waals surface area contributed by atoms with E-state index >= 15 is 0 Å². The summed E-state index contributed by atoms with van der Waals surface area (Å²) >= 11 is 6.01. The van der Waals surface area contributed by atoms with Crippen LogP contribution in [0.25, 0.3) is 0 Å². The number of carbonyl (C=O) groups excluding carboxylic acids is 2. The van der Waals surface area contributed by atoms with Crippen molar-refractivity contribution in [2.45, 2.75) is 39.7 Å². The number of benzene rings is 1. The summed E-state index contributed by atoms with van der Waals surface area (Å²) < 4.78 is 29.3. The molecule has 0 aliphatic rings. The number of alkyl halides is 2. The summed E-state index contributed by atoms with van der Waals surface area (Å²) in [6, 6.07) is 4.60. The molecule has 0 aromatic heterocycles. The third-order valence-corrected chi connectivity index (χ3v) is 3.71. The lowest BCUT2D eigenvalue weighted by Crippen LogP contribution is -2.29. The molecule has 0 aliphatic carbocycles. The van der Waals surface area contributed by atoms with E-state index in [0.717, 1.165) is 0 Å². The highest BCUT2D eigenvalue weighted by Crippen LogP contribution is 2.25. The molecular weight excluding hydrogens is 392 g/mol. The number of rotatable bonds is 10. The Morgan fingerprint density at radius 3 is 2.61 bits per heavy atom. The number of halogens is 3. The number of nitrogens with two attached hydrogens (primary N) is 1. The lowest BCUT2D eigenvalue weighted by molar-refractivity contribution is -0.120. The topological polar surface area (TPSA) is 93.5 Å². The van der Waals surface area contributed by atoms with Gasteiger partial charge in [-0.15, -0.1) is 0 Å². The number of carbonyl (C=O) groups is 2. The standard InChI is InChI=1S/C19H24ClF2N3O3/c1-3-5-13(9-17(23)25-18(26)4-2)19(27)24-10-12-6-7-15(14(20)8-12)28-11-16(21)22/h5-9,16H,3-4,10-11,23H2,1-2H3,(H,24,27)(H,25,26)/b13-5+,17-9+. The Morgan fingerprint density at radius 2 is 2.04 bits per heavy atom. The second-order valence-corrected chi connectivity index (χ2v) is 6.13. The van der Waals surface area contributed by atoms with Gasteiger partial charge in [-0.25, -0.2) is 8.78 Å². The number of ether oxygens (including phenoxy) is 1. The zero-order chi connectivity index (χ0) is 21.1. The first-order valence-electron chi connectivity index (χ1n) is 8.71. The molecule has 1 aromatic carbocycles. The Hall–Kier alpha value is -2.61. The molecule has 1 rings (SSSR count). The van der Waals surface area contributed by atoms with Gasteiger partial charge in [0.15, 0.2) is 0 Å². The fourth-order valence-corrected chi connectivity index (χ4v) is 2.36. The molecule has 0 atom stereocenters. The van der Waals surface area contributed by atoms with Crippen LogP contribution >= 0.6 is 11.6 Å². The van der Waals surface area contributed by atoms with E-state index in [9.17, 15) is 18.4 Å². The maximum atomic E-state index is 12.4. The van der Waals surface area contributed by atoms with Crippen LogP contribution in [0.2, 0.25) is 5.02 Å². The minimum Gasteiger partial charge on any atom is -0.486 e. The highest BCUT2D eigenvalue weighted by molar-refractivity contribution is 6.32. The molecule has 9 heteroatoms. The van der Waals surface area contributed by atoms with E-state index in [-0.39, 0.29) is 41.4 Å². The second-order valence-electron chi connectivity index (χ2n) is 5.72. The molecule has 0 aliphatic heterocycles. The molecule has 0 spiro atoms. The smallest absolute Gasteiger partial charge is 0.272 e. The average molecular weight is 416 g/mol. The zero-order valence-electron chi connectivity index (χ0n) is 15.7. The van der Waals surface area contributed by atoms with Crippen LogP contribution in [0.4, 0.5) is 8.78 Å². The van der Waals surface area contributed by atoms with Crippen LogP contribution in [0.3, 0.4) is 0 Å². The van der Waals surface area contributed by atoms with E-state index in [2.05, 4.69) is 10.6 Å². The summed E-state index contributed by atoms with van der Waals surface area (Å²) in [5, 5.41) is 5.36. The maximum absolute atomic E-state index is 12.4. The molecule has 28 heavy (non-hydrogen) atoms. The van der Waals surface area contributed by atoms with Gasteiger partial charge in [-0.2, -0.15) is 0 Å². The van der Waals surface area contributed by atoms with Crippen LogP contribution in [0.5, 0.6) is 5.75 Å². The number of hydrogen-bond donors (Lipinski definition) is 3. The van der Waals surface area contributed by atoms with E-state index in [4.69, 9.17) is 22.1 Å². The van der Waals surface area contributed by atoms with Gasteiger partial charge >= 0.3 is 0 Å². The van der Waals surface area contributed by atoms with E-state index in [1.807, 2.05) is 6.92 Å². The molecule has 0 radical (unpaired) electrons. The molecule has 6 nitrogen and oxygen atoms in total. The normalized spacial score (nSPS) is 12.1. The molecule has 0 saturated heterocycles. The van der Waals surface area contributed by atoms with Gasteiger partial charge in [-0.05, 0) is 30.2 Å². The molecule has 4 N–H and O–H groups in total.